The molecule has 0 aromatic heterocycles. The van der Waals surface area contributed by atoms with Gasteiger partial charge in [-0.25, -0.2) is 0 Å². The summed E-state index contributed by atoms with van der Waals surface area (Å²) in [5, 5.41) is 17.7. The maximum absolute atomic E-state index is 11.6. The molecule has 14 heavy (non-hydrogen) atoms. The van der Waals surface area contributed by atoms with Gasteiger partial charge in [-0.3, -0.25) is 4.79 Å². The van der Waals surface area contributed by atoms with Crippen LogP contribution in [0.4, 0.5) is 0 Å². The molecule has 84 valence electrons. The van der Waals surface area contributed by atoms with Crippen molar-refractivity contribution in [2.75, 3.05) is 6.61 Å². The van der Waals surface area contributed by atoms with Crippen LogP contribution in [0.5, 0.6) is 0 Å². The Hall–Kier alpha value is -0.410. The Morgan fingerprint density at radius 3 is 2.43 bits per heavy atom. The van der Waals surface area contributed by atoms with Crippen molar-refractivity contribution < 1.29 is 15.0 Å². The number of rotatable bonds is 8. The van der Waals surface area contributed by atoms with E-state index in [1.807, 2.05) is 6.92 Å². The van der Waals surface area contributed by atoms with Crippen molar-refractivity contribution in [3.05, 3.63) is 0 Å². The number of ketones is 1. The van der Waals surface area contributed by atoms with Crippen LogP contribution >= 0.6 is 0 Å². The maximum atomic E-state index is 11.6. The number of aliphatic hydroxyl groups excluding tert-OH is 2. The molecule has 0 spiro atoms. The van der Waals surface area contributed by atoms with Crippen LogP contribution in [-0.4, -0.2) is 28.7 Å². The molecule has 0 aliphatic carbocycles. The molecule has 3 heteroatoms. The van der Waals surface area contributed by atoms with E-state index in [1.54, 1.807) is 0 Å². The minimum Gasteiger partial charge on any atom is -0.394 e. The maximum Gasteiger partial charge on any atom is 0.138 e. The van der Waals surface area contributed by atoms with Gasteiger partial charge in [0.2, 0.25) is 0 Å². The molecule has 2 N–H and O–H groups in total. The van der Waals surface area contributed by atoms with E-state index in [1.165, 1.54) is 0 Å². The van der Waals surface area contributed by atoms with Crippen molar-refractivity contribution in [2.24, 2.45) is 5.92 Å². The number of unbranched alkanes of at least 4 members (excludes halogenated alkanes) is 1. The summed E-state index contributed by atoms with van der Waals surface area (Å²) in [5.41, 5.74) is 0. The second kappa shape index (κ2) is 7.94. The lowest BCUT2D eigenvalue weighted by Crippen LogP contribution is -2.22. The highest BCUT2D eigenvalue weighted by atomic mass is 16.3. The molecule has 0 saturated carbocycles. The summed E-state index contributed by atoms with van der Waals surface area (Å²) in [4.78, 5) is 11.6. The van der Waals surface area contributed by atoms with Crippen molar-refractivity contribution in [2.45, 2.75) is 52.1 Å². The first-order chi connectivity index (χ1) is 6.65. The lowest BCUT2D eigenvalue weighted by atomic mass is 9.92. The average molecular weight is 202 g/mol. The van der Waals surface area contributed by atoms with Gasteiger partial charge in [0.05, 0.1) is 12.7 Å². The Bertz CT molecular complexity index is 157. The van der Waals surface area contributed by atoms with Crippen LogP contribution in [0.1, 0.15) is 46.0 Å². The van der Waals surface area contributed by atoms with Crippen molar-refractivity contribution in [3.63, 3.8) is 0 Å². The molecule has 2 atom stereocenters. The molecule has 3 nitrogen and oxygen atoms in total. The predicted molar refractivity (Wildman–Crippen MR) is 56.0 cm³/mol. The summed E-state index contributed by atoms with van der Waals surface area (Å²) in [7, 11) is 0. The number of carbonyl (C=O) groups is 1. The van der Waals surface area contributed by atoms with Gasteiger partial charge in [-0.15, -0.1) is 0 Å². The molecule has 0 radical (unpaired) electrons. The van der Waals surface area contributed by atoms with E-state index >= 15 is 0 Å². The molecular weight excluding hydrogens is 180 g/mol. The topological polar surface area (TPSA) is 57.5 Å². The molecule has 0 bridgehead atoms. The van der Waals surface area contributed by atoms with Crippen LogP contribution in [0.2, 0.25) is 0 Å². The van der Waals surface area contributed by atoms with Gasteiger partial charge in [0.15, 0.2) is 0 Å². The van der Waals surface area contributed by atoms with Gasteiger partial charge in [-0.05, 0) is 12.8 Å². The first-order valence-electron chi connectivity index (χ1n) is 5.47. The van der Waals surface area contributed by atoms with Gasteiger partial charge in [0.25, 0.3) is 0 Å². The predicted octanol–water partition coefficient (Wildman–Crippen LogP) is 1.52. The van der Waals surface area contributed by atoms with Gasteiger partial charge in [0.1, 0.15) is 5.78 Å². The number of hydrogen-bond acceptors (Lipinski definition) is 3. The fourth-order valence-corrected chi connectivity index (χ4v) is 1.51. The van der Waals surface area contributed by atoms with Crippen molar-refractivity contribution in [1.29, 1.82) is 0 Å². The molecule has 0 rings (SSSR count). The summed E-state index contributed by atoms with van der Waals surface area (Å²) in [5.74, 6) is 0.152. The van der Waals surface area contributed by atoms with E-state index < -0.39 is 6.10 Å². The van der Waals surface area contributed by atoms with E-state index in [2.05, 4.69) is 6.92 Å². The van der Waals surface area contributed by atoms with Gasteiger partial charge < -0.3 is 10.2 Å². The van der Waals surface area contributed by atoms with E-state index in [9.17, 15) is 4.79 Å². The Labute approximate surface area is 86.1 Å². The minimum absolute atomic E-state index is 0.0659. The third-order valence-corrected chi connectivity index (χ3v) is 2.50. The summed E-state index contributed by atoms with van der Waals surface area (Å²) < 4.78 is 0. The minimum atomic E-state index is -0.877. The third-order valence-electron chi connectivity index (χ3n) is 2.50. The van der Waals surface area contributed by atoms with E-state index in [0.717, 1.165) is 25.7 Å². The standard InChI is InChI=1S/C11H22O3/c1-3-5-6-9(4-2)11(14)7-10(13)8-12/h9-10,12-13H,3-8H2,1-2H3. The largest absolute Gasteiger partial charge is 0.394 e. The smallest absolute Gasteiger partial charge is 0.138 e. The quantitative estimate of drug-likeness (QED) is 0.627. The van der Waals surface area contributed by atoms with Gasteiger partial charge in [-0.2, -0.15) is 0 Å². The molecule has 0 saturated heterocycles. The fourth-order valence-electron chi connectivity index (χ4n) is 1.51. The van der Waals surface area contributed by atoms with Crippen LogP contribution in [0.3, 0.4) is 0 Å². The zero-order valence-corrected chi connectivity index (χ0v) is 9.20. The molecule has 2 unspecified atom stereocenters. The zero-order valence-electron chi connectivity index (χ0n) is 9.20. The first-order valence-corrected chi connectivity index (χ1v) is 5.47. The summed E-state index contributed by atoms with van der Waals surface area (Å²) in [6, 6.07) is 0. The van der Waals surface area contributed by atoms with Crippen molar-refractivity contribution in [1.82, 2.24) is 0 Å². The molecule has 0 aromatic carbocycles. The highest BCUT2D eigenvalue weighted by Gasteiger charge is 2.18. The van der Waals surface area contributed by atoms with Gasteiger partial charge in [0, 0.05) is 12.3 Å². The Morgan fingerprint density at radius 2 is 2.00 bits per heavy atom. The summed E-state index contributed by atoms with van der Waals surface area (Å²) >= 11 is 0. The van der Waals surface area contributed by atoms with Crippen molar-refractivity contribution in [3.8, 4) is 0 Å². The van der Waals surface area contributed by atoms with Crippen LogP contribution in [0.25, 0.3) is 0 Å². The Morgan fingerprint density at radius 1 is 1.36 bits per heavy atom. The molecule has 0 heterocycles. The van der Waals surface area contributed by atoms with E-state index in [4.69, 9.17) is 10.2 Å². The monoisotopic (exact) mass is 202 g/mol. The van der Waals surface area contributed by atoms with Gasteiger partial charge >= 0.3 is 0 Å². The second-order valence-corrected chi connectivity index (χ2v) is 3.75. The lowest BCUT2D eigenvalue weighted by Gasteiger charge is -2.14. The van der Waals surface area contributed by atoms with Crippen molar-refractivity contribution >= 4 is 5.78 Å². The molecular formula is C11H22O3. The molecule has 0 aromatic rings. The first kappa shape index (κ1) is 13.6. The Balaban J connectivity index is 3.90. The highest BCUT2D eigenvalue weighted by molar-refractivity contribution is 5.81. The van der Waals surface area contributed by atoms with Crippen LogP contribution in [0.15, 0.2) is 0 Å². The number of carbonyl (C=O) groups excluding carboxylic acids is 1. The second-order valence-electron chi connectivity index (χ2n) is 3.75. The normalized spacial score (nSPS) is 15.1. The van der Waals surface area contributed by atoms with Crippen LogP contribution < -0.4 is 0 Å². The zero-order chi connectivity index (χ0) is 11.0. The molecule has 0 amide bonds. The number of Topliss-reactive ketones (excluding diaryl/α,β-unsaturated/α-hetero) is 1. The van der Waals surface area contributed by atoms with E-state index in [0.29, 0.717) is 0 Å². The van der Waals surface area contributed by atoms with Gasteiger partial charge in [-0.1, -0.05) is 26.7 Å². The molecule has 0 aliphatic rings. The van der Waals surface area contributed by atoms with E-state index in [-0.39, 0.29) is 24.7 Å². The third kappa shape index (κ3) is 5.35. The lowest BCUT2D eigenvalue weighted by molar-refractivity contribution is -0.125. The molecule has 0 fully saturated rings. The Kier molecular flexibility index (Phi) is 7.71. The SMILES string of the molecule is CCCCC(CC)C(=O)CC(O)CO. The average Bonchev–Trinajstić information content (AvgIpc) is 2.18. The highest BCUT2D eigenvalue weighted by Crippen LogP contribution is 2.16. The van der Waals surface area contributed by atoms with Crippen LogP contribution in [0, 0.1) is 5.92 Å². The molecule has 0 aliphatic heterocycles. The number of hydrogen-bond donors (Lipinski definition) is 2. The fraction of sp³-hybridized carbons (Fsp3) is 0.909. The summed E-state index contributed by atoms with van der Waals surface area (Å²) in [6.07, 6.45) is 3.10. The summed E-state index contributed by atoms with van der Waals surface area (Å²) in [6.45, 7) is 3.76. The number of aliphatic hydroxyl groups is 2. The van der Waals surface area contributed by atoms with Crippen LogP contribution in [-0.2, 0) is 4.79 Å².